The Labute approximate surface area is 99.2 Å². The average molecular weight is 226 g/mol. The van der Waals surface area contributed by atoms with Gasteiger partial charge in [-0.2, -0.15) is 0 Å². The van der Waals surface area contributed by atoms with E-state index in [9.17, 15) is 5.11 Å². The van der Waals surface area contributed by atoms with Crippen molar-refractivity contribution in [2.75, 3.05) is 20.1 Å². The SMILES string of the molecule is CCC(O)CC1CC(NC2CC2)CN(C)C1. The maximum Gasteiger partial charge on any atom is 0.0540 e. The van der Waals surface area contributed by atoms with Crippen LogP contribution in [0.2, 0.25) is 0 Å². The van der Waals surface area contributed by atoms with Crippen molar-refractivity contribution in [3.8, 4) is 0 Å². The topological polar surface area (TPSA) is 35.5 Å². The van der Waals surface area contributed by atoms with Gasteiger partial charge in [0.05, 0.1) is 6.10 Å². The molecule has 3 atom stereocenters. The zero-order valence-electron chi connectivity index (χ0n) is 10.7. The largest absolute Gasteiger partial charge is 0.393 e. The summed E-state index contributed by atoms with van der Waals surface area (Å²) in [5, 5.41) is 13.5. The van der Waals surface area contributed by atoms with Gasteiger partial charge < -0.3 is 15.3 Å². The Morgan fingerprint density at radius 3 is 2.69 bits per heavy atom. The normalized spacial score (nSPS) is 33.9. The Bertz CT molecular complexity index is 216. The van der Waals surface area contributed by atoms with E-state index in [-0.39, 0.29) is 6.10 Å². The fraction of sp³-hybridized carbons (Fsp3) is 1.00. The van der Waals surface area contributed by atoms with Crippen LogP contribution < -0.4 is 5.32 Å². The Kier molecular flexibility index (Phi) is 4.22. The van der Waals surface area contributed by atoms with Gasteiger partial charge in [0.15, 0.2) is 0 Å². The van der Waals surface area contributed by atoms with Crippen LogP contribution in [0.4, 0.5) is 0 Å². The molecule has 0 aromatic carbocycles. The third kappa shape index (κ3) is 3.72. The molecule has 3 nitrogen and oxygen atoms in total. The molecule has 0 bridgehead atoms. The molecule has 1 heterocycles. The van der Waals surface area contributed by atoms with E-state index in [2.05, 4.69) is 24.2 Å². The second-order valence-electron chi connectivity index (χ2n) is 5.76. The molecule has 0 amide bonds. The van der Waals surface area contributed by atoms with Gasteiger partial charge in [0.2, 0.25) is 0 Å². The van der Waals surface area contributed by atoms with Crippen molar-refractivity contribution in [3.63, 3.8) is 0 Å². The van der Waals surface area contributed by atoms with Gasteiger partial charge in [0.1, 0.15) is 0 Å². The molecule has 2 aliphatic rings. The van der Waals surface area contributed by atoms with E-state index in [1.807, 2.05) is 0 Å². The summed E-state index contributed by atoms with van der Waals surface area (Å²) in [6, 6.07) is 1.45. The predicted molar refractivity (Wildman–Crippen MR) is 66.5 cm³/mol. The second kappa shape index (κ2) is 5.48. The van der Waals surface area contributed by atoms with E-state index >= 15 is 0 Å². The summed E-state index contributed by atoms with van der Waals surface area (Å²) in [5.41, 5.74) is 0. The van der Waals surface area contributed by atoms with Crippen molar-refractivity contribution >= 4 is 0 Å². The van der Waals surface area contributed by atoms with Crippen LogP contribution in [0.1, 0.15) is 39.0 Å². The molecule has 2 N–H and O–H groups in total. The van der Waals surface area contributed by atoms with Crippen LogP contribution in [0.5, 0.6) is 0 Å². The van der Waals surface area contributed by atoms with Gasteiger partial charge in [-0.1, -0.05) is 6.92 Å². The van der Waals surface area contributed by atoms with E-state index in [0.717, 1.165) is 25.4 Å². The summed E-state index contributed by atoms with van der Waals surface area (Å²) >= 11 is 0. The fourth-order valence-corrected chi connectivity index (χ4v) is 2.87. The van der Waals surface area contributed by atoms with Crippen molar-refractivity contribution in [2.24, 2.45) is 5.92 Å². The highest BCUT2D eigenvalue weighted by atomic mass is 16.3. The minimum absolute atomic E-state index is 0.0990. The van der Waals surface area contributed by atoms with Gasteiger partial charge in [0.25, 0.3) is 0 Å². The first-order valence-corrected chi connectivity index (χ1v) is 6.80. The molecule has 1 saturated carbocycles. The van der Waals surface area contributed by atoms with Crippen LogP contribution in [0.3, 0.4) is 0 Å². The van der Waals surface area contributed by atoms with Crippen molar-refractivity contribution in [1.82, 2.24) is 10.2 Å². The maximum absolute atomic E-state index is 9.74. The molecule has 1 aliphatic carbocycles. The number of likely N-dealkylation sites (tertiary alicyclic amines) is 1. The molecule has 0 aromatic heterocycles. The Morgan fingerprint density at radius 2 is 2.06 bits per heavy atom. The van der Waals surface area contributed by atoms with Crippen LogP contribution in [0.25, 0.3) is 0 Å². The second-order valence-corrected chi connectivity index (χ2v) is 5.76. The Hall–Kier alpha value is -0.120. The molecule has 0 radical (unpaired) electrons. The number of rotatable bonds is 5. The first kappa shape index (κ1) is 12.3. The molecule has 3 unspecified atom stereocenters. The van der Waals surface area contributed by atoms with E-state index in [4.69, 9.17) is 0 Å². The lowest BCUT2D eigenvalue weighted by Crippen LogP contribution is -2.48. The number of hydrogen-bond donors (Lipinski definition) is 2. The van der Waals surface area contributed by atoms with Gasteiger partial charge in [0, 0.05) is 25.2 Å². The number of aliphatic hydroxyl groups is 1. The van der Waals surface area contributed by atoms with E-state index in [1.165, 1.54) is 25.8 Å². The average Bonchev–Trinajstić information content (AvgIpc) is 3.00. The summed E-state index contributed by atoms with van der Waals surface area (Å²) in [6.45, 7) is 4.40. The first-order valence-electron chi connectivity index (χ1n) is 6.80. The van der Waals surface area contributed by atoms with Gasteiger partial charge in [-0.25, -0.2) is 0 Å². The Balaban J connectivity index is 1.78. The summed E-state index contributed by atoms with van der Waals surface area (Å²) < 4.78 is 0. The quantitative estimate of drug-likeness (QED) is 0.740. The van der Waals surface area contributed by atoms with Gasteiger partial charge in [-0.05, 0) is 45.1 Å². The van der Waals surface area contributed by atoms with Gasteiger partial charge in [-0.15, -0.1) is 0 Å². The van der Waals surface area contributed by atoms with Crippen LogP contribution in [-0.2, 0) is 0 Å². The lowest BCUT2D eigenvalue weighted by Gasteiger charge is -2.37. The molecule has 16 heavy (non-hydrogen) atoms. The van der Waals surface area contributed by atoms with Gasteiger partial charge in [-0.3, -0.25) is 0 Å². The first-order chi connectivity index (χ1) is 7.67. The van der Waals surface area contributed by atoms with E-state index in [1.54, 1.807) is 0 Å². The van der Waals surface area contributed by atoms with Gasteiger partial charge >= 0.3 is 0 Å². The number of aliphatic hydroxyl groups excluding tert-OH is 1. The molecule has 1 saturated heterocycles. The molecule has 2 fully saturated rings. The molecule has 0 aromatic rings. The number of likely N-dealkylation sites (N-methyl/N-ethyl adjacent to an activating group) is 1. The molecule has 94 valence electrons. The number of nitrogens with zero attached hydrogens (tertiary/aromatic N) is 1. The molecule has 1 aliphatic heterocycles. The molecule has 3 heteroatoms. The number of hydrogen-bond acceptors (Lipinski definition) is 3. The summed E-state index contributed by atoms with van der Waals surface area (Å²) in [6.07, 6.45) is 5.74. The van der Waals surface area contributed by atoms with Crippen LogP contribution in [0.15, 0.2) is 0 Å². The monoisotopic (exact) mass is 226 g/mol. The third-order valence-corrected chi connectivity index (χ3v) is 3.85. The van der Waals surface area contributed by atoms with E-state index in [0.29, 0.717) is 12.0 Å². The minimum Gasteiger partial charge on any atom is -0.393 e. The minimum atomic E-state index is -0.0990. The number of piperidine rings is 1. The van der Waals surface area contributed by atoms with Crippen molar-refractivity contribution in [3.05, 3.63) is 0 Å². The third-order valence-electron chi connectivity index (χ3n) is 3.85. The molecular weight excluding hydrogens is 200 g/mol. The lowest BCUT2D eigenvalue weighted by atomic mass is 9.89. The predicted octanol–water partition coefficient (Wildman–Crippen LogP) is 1.22. The standard InChI is InChI=1S/C13H26N2O/c1-3-13(16)7-10-6-12(9-15(2)8-10)14-11-4-5-11/h10-14,16H,3-9H2,1-2H3. The highest BCUT2D eigenvalue weighted by molar-refractivity contribution is 4.90. The lowest BCUT2D eigenvalue weighted by molar-refractivity contribution is 0.0943. The summed E-state index contributed by atoms with van der Waals surface area (Å²) in [7, 11) is 2.20. The highest BCUT2D eigenvalue weighted by Gasteiger charge is 2.30. The number of nitrogens with one attached hydrogen (secondary N) is 1. The van der Waals surface area contributed by atoms with Crippen LogP contribution >= 0.6 is 0 Å². The maximum atomic E-state index is 9.74. The van der Waals surface area contributed by atoms with Crippen molar-refractivity contribution in [1.29, 1.82) is 0 Å². The van der Waals surface area contributed by atoms with Crippen molar-refractivity contribution < 1.29 is 5.11 Å². The summed E-state index contributed by atoms with van der Waals surface area (Å²) in [5.74, 6) is 0.671. The molecular formula is C13H26N2O. The van der Waals surface area contributed by atoms with Crippen LogP contribution in [0, 0.1) is 5.92 Å². The van der Waals surface area contributed by atoms with E-state index < -0.39 is 0 Å². The fourth-order valence-electron chi connectivity index (χ4n) is 2.87. The highest BCUT2D eigenvalue weighted by Crippen LogP contribution is 2.25. The van der Waals surface area contributed by atoms with Crippen molar-refractivity contribution in [2.45, 2.75) is 57.2 Å². The summed E-state index contributed by atoms with van der Waals surface area (Å²) in [4.78, 5) is 2.41. The Morgan fingerprint density at radius 1 is 1.31 bits per heavy atom. The molecule has 2 rings (SSSR count). The van der Waals surface area contributed by atoms with Crippen LogP contribution in [-0.4, -0.2) is 48.3 Å². The smallest absolute Gasteiger partial charge is 0.0540 e. The molecule has 0 spiro atoms. The zero-order chi connectivity index (χ0) is 11.5. The zero-order valence-corrected chi connectivity index (χ0v) is 10.7.